The smallest absolute Gasteiger partial charge is 0.306 e. The number of hydrogen-bond acceptors (Lipinski definition) is 6. The molecule has 0 aromatic carbocycles. The molecule has 0 unspecified atom stereocenters. The van der Waals surface area contributed by atoms with Gasteiger partial charge in [-0.1, -0.05) is 252 Å². The Kier molecular flexibility index (Phi) is 45.8. The highest BCUT2D eigenvalue weighted by molar-refractivity contribution is 5.71. The summed E-state index contributed by atoms with van der Waals surface area (Å²) < 4.78 is 16.8. The molecule has 0 heterocycles. The molecule has 0 amide bonds. The van der Waals surface area contributed by atoms with Crippen LogP contribution in [0.4, 0.5) is 0 Å². The van der Waals surface area contributed by atoms with Crippen LogP contribution in [0.3, 0.4) is 0 Å². The van der Waals surface area contributed by atoms with E-state index in [1.54, 1.807) is 0 Å². The van der Waals surface area contributed by atoms with Gasteiger partial charge in [-0.2, -0.15) is 0 Å². The molecule has 338 valence electrons. The van der Waals surface area contributed by atoms with E-state index >= 15 is 0 Å². The van der Waals surface area contributed by atoms with Crippen molar-refractivity contribution in [3.8, 4) is 0 Å². The van der Waals surface area contributed by atoms with Gasteiger partial charge in [-0.3, -0.25) is 14.4 Å². The van der Waals surface area contributed by atoms with Gasteiger partial charge in [0.25, 0.3) is 0 Å². The van der Waals surface area contributed by atoms with Gasteiger partial charge in [0.2, 0.25) is 0 Å². The predicted octanol–water partition coefficient (Wildman–Crippen LogP) is 16.4. The van der Waals surface area contributed by atoms with Crippen LogP contribution >= 0.6 is 0 Å². The standard InChI is InChI=1S/C51H98O6/c1-4-7-10-13-16-19-22-23-24-25-26-27-28-30-33-36-39-42-45-51(54)57-48(46-55-49(52)43-40-37-34-31-21-18-15-12-9-6-3)47-56-50(53)44-41-38-35-32-29-20-17-14-11-8-5-2/h48H,4-47H2,1-3H3/t48-/m0/s1. The summed E-state index contributed by atoms with van der Waals surface area (Å²) >= 11 is 0. The molecule has 0 aromatic rings. The van der Waals surface area contributed by atoms with Crippen molar-refractivity contribution in [2.24, 2.45) is 0 Å². The number of carbonyl (C=O) groups is 3. The van der Waals surface area contributed by atoms with Gasteiger partial charge in [-0.25, -0.2) is 0 Å². The summed E-state index contributed by atoms with van der Waals surface area (Å²) in [5.41, 5.74) is 0. The van der Waals surface area contributed by atoms with Crippen LogP contribution in [0.1, 0.15) is 290 Å². The minimum absolute atomic E-state index is 0.0622. The van der Waals surface area contributed by atoms with Crippen molar-refractivity contribution in [2.75, 3.05) is 13.2 Å². The fourth-order valence-corrected chi connectivity index (χ4v) is 7.74. The molecule has 0 rings (SSSR count). The zero-order valence-electron chi connectivity index (χ0n) is 38.6. The first-order valence-electron chi connectivity index (χ1n) is 25.5. The van der Waals surface area contributed by atoms with Gasteiger partial charge >= 0.3 is 17.9 Å². The minimum Gasteiger partial charge on any atom is -0.462 e. The Balaban J connectivity index is 4.25. The number of esters is 3. The molecule has 0 fully saturated rings. The highest BCUT2D eigenvalue weighted by Crippen LogP contribution is 2.17. The molecule has 6 nitrogen and oxygen atoms in total. The predicted molar refractivity (Wildman–Crippen MR) is 243 cm³/mol. The maximum atomic E-state index is 12.8. The SMILES string of the molecule is CCCCCCCCCCCCCCCCCCCCC(=O)O[C@@H](COC(=O)CCCCCCCCCCCC)COC(=O)CCCCCCCCCCCCC. The van der Waals surface area contributed by atoms with Gasteiger partial charge in [0.15, 0.2) is 6.10 Å². The number of unbranched alkanes of at least 4 members (excludes halogenated alkanes) is 36. The molecule has 0 N–H and O–H groups in total. The van der Waals surface area contributed by atoms with Crippen molar-refractivity contribution < 1.29 is 28.6 Å². The van der Waals surface area contributed by atoms with E-state index in [0.717, 1.165) is 57.8 Å². The number of rotatable bonds is 47. The minimum atomic E-state index is -0.758. The Morgan fingerprint density at radius 2 is 0.474 bits per heavy atom. The average Bonchev–Trinajstić information content (AvgIpc) is 3.21. The third-order valence-corrected chi connectivity index (χ3v) is 11.6. The molecule has 0 saturated heterocycles. The molecule has 0 aliphatic carbocycles. The third kappa shape index (κ3) is 45.3. The Morgan fingerprint density at radius 1 is 0.281 bits per heavy atom. The second-order valence-corrected chi connectivity index (χ2v) is 17.5. The van der Waals surface area contributed by atoms with Gasteiger partial charge in [0.05, 0.1) is 0 Å². The second-order valence-electron chi connectivity index (χ2n) is 17.5. The Hall–Kier alpha value is -1.59. The molecule has 57 heavy (non-hydrogen) atoms. The van der Waals surface area contributed by atoms with Gasteiger partial charge in [-0.05, 0) is 19.3 Å². The van der Waals surface area contributed by atoms with E-state index in [1.165, 1.54) is 193 Å². The van der Waals surface area contributed by atoms with Crippen LogP contribution in [0.25, 0.3) is 0 Å². The lowest BCUT2D eigenvalue weighted by Gasteiger charge is -2.18. The molecule has 0 saturated carbocycles. The summed E-state index contributed by atoms with van der Waals surface area (Å²) in [6.45, 7) is 6.66. The highest BCUT2D eigenvalue weighted by Gasteiger charge is 2.19. The molecule has 6 heteroatoms. The van der Waals surface area contributed by atoms with E-state index in [4.69, 9.17) is 14.2 Å². The maximum absolute atomic E-state index is 12.8. The quantitative estimate of drug-likeness (QED) is 0.0346. The summed E-state index contributed by atoms with van der Waals surface area (Å²) in [7, 11) is 0. The fourth-order valence-electron chi connectivity index (χ4n) is 7.74. The van der Waals surface area contributed by atoms with E-state index in [1.807, 2.05) is 0 Å². The summed E-state index contributed by atoms with van der Waals surface area (Å²) in [5, 5.41) is 0. The number of ether oxygens (including phenoxy) is 3. The normalized spacial score (nSPS) is 11.8. The van der Waals surface area contributed by atoms with Gasteiger partial charge < -0.3 is 14.2 Å². The lowest BCUT2D eigenvalue weighted by molar-refractivity contribution is -0.167. The fraction of sp³-hybridized carbons (Fsp3) is 0.941. The van der Waals surface area contributed by atoms with Crippen molar-refractivity contribution in [2.45, 2.75) is 297 Å². The molecule has 0 aliphatic heterocycles. The van der Waals surface area contributed by atoms with E-state index in [-0.39, 0.29) is 31.1 Å². The lowest BCUT2D eigenvalue weighted by Crippen LogP contribution is -2.30. The molecule has 0 bridgehead atoms. The van der Waals surface area contributed by atoms with Crippen LogP contribution in [0, 0.1) is 0 Å². The first-order valence-corrected chi connectivity index (χ1v) is 25.5. The molecule has 0 radical (unpaired) electrons. The largest absolute Gasteiger partial charge is 0.462 e. The Labute approximate surface area is 355 Å². The van der Waals surface area contributed by atoms with Crippen LogP contribution in [0.5, 0.6) is 0 Å². The Bertz CT molecular complexity index is 844. The van der Waals surface area contributed by atoms with Crippen LogP contribution in [0.2, 0.25) is 0 Å². The first-order chi connectivity index (χ1) is 28.0. The van der Waals surface area contributed by atoms with Crippen LogP contribution in [0.15, 0.2) is 0 Å². The van der Waals surface area contributed by atoms with Gasteiger partial charge in [-0.15, -0.1) is 0 Å². The summed E-state index contributed by atoms with van der Waals surface area (Å²) in [5.74, 6) is -0.845. The van der Waals surface area contributed by atoms with E-state index in [9.17, 15) is 14.4 Å². The molecular weight excluding hydrogens is 709 g/mol. The second kappa shape index (κ2) is 47.1. The zero-order chi connectivity index (χ0) is 41.5. The van der Waals surface area contributed by atoms with Gasteiger partial charge in [0.1, 0.15) is 13.2 Å². The topological polar surface area (TPSA) is 78.9 Å². The highest BCUT2D eigenvalue weighted by atomic mass is 16.6. The number of carbonyl (C=O) groups excluding carboxylic acids is 3. The summed E-state index contributed by atoms with van der Waals surface area (Å²) in [4.78, 5) is 37.8. The summed E-state index contributed by atoms with van der Waals surface area (Å²) in [6.07, 6.45) is 49.4. The van der Waals surface area contributed by atoms with E-state index in [2.05, 4.69) is 20.8 Å². The van der Waals surface area contributed by atoms with Crippen molar-refractivity contribution in [3.05, 3.63) is 0 Å². The lowest BCUT2D eigenvalue weighted by atomic mass is 10.0. The molecule has 1 atom stereocenters. The molecular formula is C51H98O6. The van der Waals surface area contributed by atoms with Gasteiger partial charge in [0, 0.05) is 19.3 Å². The monoisotopic (exact) mass is 807 g/mol. The Morgan fingerprint density at radius 3 is 0.702 bits per heavy atom. The number of hydrogen-bond donors (Lipinski definition) is 0. The third-order valence-electron chi connectivity index (χ3n) is 11.6. The van der Waals surface area contributed by atoms with Crippen molar-refractivity contribution in [3.63, 3.8) is 0 Å². The average molecular weight is 807 g/mol. The summed E-state index contributed by atoms with van der Waals surface area (Å²) in [6, 6.07) is 0. The zero-order valence-corrected chi connectivity index (χ0v) is 38.6. The van der Waals surface area contributed by atoms with Crippen LogP contribution in [-0.4, -0.2) is 37.2 Å². The van der Waals surface area contributed by atoms with Crippen molar-refractivity contribution in [1.29, 1.82) is 0 Å². The van der Waals surface area contributed by atoms with Crippen LogP contribution < -0.4 is 0 Å². The maximum Gasteiger partial charge on any atom is 0.306 e. The van der Waals surface area contributed by atoms with Crippen LogP contribution in [-0.2, 0) is 28.6 Å². The van der Waals surface area contributed by atoms with Crippen molar-refractivity contribution >= 4 is 17.9 Å². The molecule has 0 spiro atoms. The molecule has 0 aromatic heterocycles. The van der Waals surface area contributed by atoms with E-state index < -0.39 is 6.10 Å². The van der Waals surface area contributed by atoms with Crippen molar-refractivity contribution in [1.82, 2.24) is 0 Å². The first kappa shape index (κ1) is 55.4. The van der Waals surface area contributed by atoms with E-state index in [0.29, 0.717) is 19.3 Å². The molecule has 0 aliphatic rings.